The van der Waals surface area contributed by atoms with Crippen LogP contribution in [0.2, 0.25) is 0 Å². The Kier molecular flexibility index (Phi) is 3.51. The van der Waals surface area contributed by atoms with Crippen LogP contribution in [0, 0.1) is 5.41 Å². The molecule has 0 amide bonds. The molecule has 0 unspecified atom stereocenters. The summed E-state index contributed by atoms with van der Waals surface area (Å²) in [4.78, 5) is 3.85. The molecule has 0 atom stereocenters. The third kappa shape index (κ3) is 3.36. The number of nitrogens with zero attached hydrogens (tertiary/aromatic N) is 2. The molecule has 0 aliphatic heterocycles. The highest BCUT2D eigenvalue weighted by molar-refractivity contribution is 7.90. The van der Waals surface area contributed by atoms with Crippen molar-refractivity contribution in [3.8, 4) is 0 Å². The summed E-state index contributed by atoms with van der Waals surface area (Å²) >= 11 is 0. The molecule has 0 radical (unpaired) electrons. The van der Waals surface area contributed by atoms with Gasteiger partial charge in [0, 0.05) is 36.9 Å². The van der Waals surface area contributed by atoms with Gasteiger partial charge in [-0.1, -0.05) is 6.42 Å². The van der Waals surface area contributed by atoms with Crippen LogP contribution >= 0.6 is 0 Å². The standard InChI is InChI=1S/C11H18N2O4S2/c1-18(14,15)9-11(4-3-5-11)8-13-7-6-12-10(13)19(2,16)17/h6-7H,3-5,8-9H2,1-2H3. The third-order valence-corrected chi connectivity index (χ3v) is 5.64. The predicted molar refractivity (Wildman–Crippen MR) is 71.3 cm³/mol. The molecule has 0 bridgehead atoms. The van der Waals surface area contributed by atoms with Crippen molar-refractivity contribution < 1.29 is 16.8 Å². The summed E-state index contributed by atoms with van der Waals surface area (Å²) in [6, 6.07) is 0. The molecule has 1 saturated carbocycles. The van der Waals surface area contributed by atoms with Gasteiger partial charge >= 0.3 is 0 Å². The SMILES string of the molecule is CS(=O)(=O)CC1(Cn2ccnc2S(C)(=O)=O)CCC1. The molecule has 0 aromatic carbocycles. The summed E-state index contributed by atoms with van der Waals surface area (Å²) in [5.41, 5.74) is -0.340. The fraction of sp³-hybridized carbons (Fsp3) is 0.727. The maximum atomic E-state index is 11.6. The Hall–Kier alpha value is -0.890. The van der Waals surface area contributed by atoms with Crippen molar-refractivity contribution >= 4 is 19.7 Å². The second kappa shape index (κ2) is 4.59. The largest absolute Gasteiger partial charge is 0.321 e. The van der Waals surface area contributed by atoms with Gasteiger partial charge < -0.3 is 4.57 Å². The van der Waals surface area contributed by atoms with Gasteiger partial charge in [0.05, 0.1) is 5.75 Å². The van der Waals surface area contributed by atoms with E-state index in [1.54, 1.807) is 10.8 Å². The van der Waals surface area contributed by atoms with Crippen LogP contribution in [0.5, 0.6) is 0 Å². The quantitative estimate of drug-likeness (QED) is 0.791. The Morgan fingerprint density at radius 1 is 1.26 bits per heavy atom. The van der Waals surface area contributed by atoms with Crippen LogP contribution < -0.4 is 0 Å². The Morgan fingerprint density at radius 3 is 2.32 bits per heavy atom. The molecule has 2 rings (SSSR count). The zero-order valence-corrected chi connectivity index (χ0v) is 12.7. The maximum Gasteiger partial charge on any atom is 0.227 e. The second-order valence-electron chi connectivity index (χ2n) is 5.53. The van der Waals surface area contributed by atoms with Crippen LogP contribution in [0.25, 0.3) is 0 Å². The van der Waals surface area contributed by atoms with Gasteiger partial charge in [-0.25, -0.2) is 21.8 Å². The Bertz CT molecular complexity index is 669. The first-order chi connectivity index (χ1) is 8.61. The van der Waals surface area contributed by atoms with Crippen molar-refractivity contribution in [2.24, 2.45) is 5.41 Å². The van der Waals surface area contributed by atoms with E-state index in [0.717, 1.165) is 25.5 Å². The van der Waals surface area contributed by atoms with E-state index in [0.29, 0.717) is 6.54 Å². The van der Waals surface area contributed by atoms with Crippen molar-refractivity contribution in [3.63, 3.8) is 0 Å². The smallest absolute Gasteiger partial charge is 0.227 e. The van der Waals surface area contributed by atoms with Crippen LogP contribution in [0.4, 0.5) is 0 Å². The number of aromatic nitrogens is 2. The van der Waals surface area contributed by atoms with Crippen molar-refractivity contribution in [3.05, 3.63) is 12.4 Å². The normalized spacial score (nSPS) is 19.1. The zero-order valence-electron chi connectivity index (χ0n) is 11.0. The van der Waals surface area contributed by atoms with Crippen LogP contribution in [-0.4, -0.2) is 44.7 Å². The number of sulfone groups is 2. The van der Waals surface area contributed by atoms with Gasteiger partial charge in [-0.3, -0.25) is 0 Å². The highest BCUT2D eigenvalue weighted by atomic mass is 32.2. The fourth-order valence-electron chi connectivity index (χ4n) is 2.69. The topological polar surface area (TPSA) is 86.1 Å². The van der Waals surface area contributed by atoms with Crippen molar-refractivity contribution in [1.29, 1.82) is 0 Å². The highest BCUT2D eigenvalue weighted by Gasteiger charge is 2.40. The van der Waals surface area contributed by atoms with Gasteiger partial charge in [0.1, 0.15) is 9.84 Å². The van der Waals surface area contributed by atoms with Gasteiger partial charge in [0.15, 0.2) is 0 Å². The lowest BCUT2D eigenvalue weighted by molar-refractivity contribution is 0.131. The molecule has 1 aliphatic carbocycles. The van der Waals surface area contributed by atoms with Gasteiger partial charge in [-0.15, -0.1) is 0 Å². The average molecular weight is 306 g/mol. The molecular weight excluding hydrogens is 288 g/mol. The number of imidazole rings is 1. The van der Waals surface area contributed by atoms with Crippen molar-refractivity contribution in [2.45, 2.75) is 31.0 Å². The van der Waals surface area contributed by atoms with E-state index in [1.807, 2.05) is 0 Å². The molecule has 0 saturated heterocycles. The Balaban J connectivity index is 2.28. The van der Waals surface area contributed by atoms with E-state index in [-0.39, 0.29) is 16.3 Å². The minimum atomic E-state index is -3.39. The second-order valence-corrected chi connectivity index (χ2v) is 9.58. The molecule has 8 heteroatoms. The van der Waals surface area contributed by atoms with E-state index in [1.165, 1.54) is 12.5 Å². The fourth-order valence-corrected chi connectivity index (χ4v) is 4.98. The predicted octanol–water partition coefficient (Wildman–Crippen LogP) is 0.501. The Morgan fingerprint density at radius 2 is 1.89 bits per heavy atom. The van der Waals surface area contributed by atoms with Crippen LogP contribution in [0.15, 0.2) is 17.6 Å². The summed E-state index contributed by atoms with van der Waals surface area (Å²) < 4.78 is 47.8. The minimum Gasteiger partial charge on any atom is -0.321 e. The molecular formula is C11H18N2O4S2. The summed E-state index contributed by atoms with van der Waals surface area (Å²) in [5, 5.41) is 0.00674. The molecule has 1 aromatic rings. The average Bonchev–Trinajstić information content (AvgIpc) is 2.59. The zero-order chi connectivity index (χ0) is 14.3. The number of hydrogen-bond donors (Lipinski definition) is 0. The maximum absolute atomic E-state index is 11.6. The van der Waals surface area contributed by atoms with Gasteiger partial charge in [-0.2, -0.15) is 0 Å². The minimum absolute atomic E-state index is 0.00674. The van der Waals surface area contributed by atoms with E-state index in [2.05, 4.69) is 4.98 Å². The molecule has 1 heterocycles. The number of rotatable bonds is 5. The molecule has 0 spiro atoms. The first-order valence-corrected chi connectivity index (χ1v) is 9.96. The monoisotopic (exact) mass is 306 g/mol. The van der Waals surface area contributed by atoms with Crippen LogP contribution in [0.3, 0.4) is 0 Å². The summed E-state index contributed by atoms with van der Waals surface area (Å²) in [6.45, 7) is 0.391. The molecule has 6 nitrogen and oxygen atoms in total. The lowest BCUT2D eigenvalue weighted by Crippen LogP contribution is -2.40. The molecule has 108 valence electrons. The van der Waals surface area contributed by atoms with Crippen LogP contribution in [0.1, 0.15) is 19.3 Å². The lowest BCUT2D eigenvalue weighted by atomic mass is 9.70. The van der Waals surface area contributed by atoms with E-state index in [9.17, 15) is 16.8 Å². The van der Waals surface area contributed by atoms with E-state index < -0.39 is 19.7 Å². The van der Waals surface area contributed by atoms with Crippen molar-refractivity contribution in [1.82, 2.24) is 9.55 Å². The van der Waals surface area contributed by atoms with E-state index >= 15 is 0 Å². The first kappa shape index (κ1) is 14.5. The van der Waals surface area contributed by atoms with Gasteiger partial charge in [0.25, 0.3) is 0 Å². The molecule has 1 aromatic heterocycles. The van der Waals surface area contributed by atoms with Gasteiger partial charge in [0.2, 0.25) is 15.0 Å². The summed E-state index contributed by atoms with van der Waals surface area (Å²) in [6.07, 6.45) is 7.96. The molecule has 1 aliphatic rings. The first-order valence-electron chi connectivity index (χ1n) is 6.00. The van der Waals surface area contributed by atoms with E-state index in [4.69, 9.17) is 0 Å². The highest BCUT2D eigenvalue weighted by Crippen LogP contribution is 2.43. The summed E-state index contributed by atoms with van der Waals surface area (Å²) in [5.74, 6) is 0.0986. The lowest BCUT2D eigenvalue weighted by Gasteiger charge is -2.41. The molecule has 19 heavy (non-hydrogen) atoms. The third-order valence-electron chi connectivity index (χ3n) is 3.50. The number of hydrogen-bond acceptors (Lipinski definition) is 5. The molecule has 1 fully saturated rings. The Labute approximate surface area is 113 Å². The van der Waals surface area contributed by atoms with Crippen molar-refractivity contribution in [2.75, 3.05) is 18.3 Å². The summed E-state index contributed by atoms with van der Waals surface area (Å²) in [7, 11) is -6.47. The molecule has 0 N–H and O–H groups in total. The van der Waals surface area contributed by atoms with Gasteiger partial charge in [-0.05, 0) is 12.8 Å². The van der Waals surface area contributed by atoms with Crippen LogP contribution in [-0.2, 0) is 26.2 Å².